The first-order valence-electron chi connectivity index (χ1n) is 16.6. The molecule has 3 atom stereocenters. The fourth-order valence-corrected chi connectivity index (χ4v) is 6.15. The third-order valence-electron chi connectivity index (χ3n) is 7.85. The number of anilines is 2. The van der Waals surface area contributed by atoms with E-state index in [1.165, 1.54) is 39.5 Å². The highest BCUT2D eigenvalue weighted by atomic mass is 32.2. The predicted octanol–water partition coefficient (Wildman–Crippen LogP) is 6.24. The van der Waals surface area contributed by atoms with Crippen LogP contribution in [-0.4, -0.2) is 67.4 Å². The molecule has 0 radical (unpaired) electrons. The zero-order valence-corrected chi connectivity index (χ0v) is 31.4. The average Bonchev–Trinajstić information content (AvgIpc) is 3.07. The Hall–Kier alpha value is -4.97. The molecule has 0 aliphatic rings. The van der Waals surface area contributed by atoms with Crippen molar-refractivity contribution >= 4 is 45.1 Å². The van der Waals surface area contributed by atoms with Crippen LogP contribution in [0.1, 0.15) is 61.0 Å². The molecule has 3 amide bonds. The van der Waals surface area contributed by atoms with Gasteiger partial charge in [0.25, 0.3) is 5.91 Å². The number of carbonyl (C=O) groups is 4. The first-order valence-corrected chi connectivity index (χ1v) is 18.1. The van der Waals surface area contributed by atoms with Gasteiger partial charge in [-0.15, -0.1) is 0 Å². The fourth-order valence-electron chi connectivity index (χ4n) is 5.07. The normalized spacial score (nSPS) is 13.6. The van der Waals surface area contributed by atoms with Crippen molar-refractivity contribution in [2.24, 2.45) is 0 Å². The van der Waals surface area contributed by atoms with Gasteiger partial charge in [0.05, 0.1) is 9.65 Å². The summed E-state index contributed by atoms with van der Waals surface area (Å²) in [4.78, 5) is 57.6. The van der Waals surface area contributed by atoms with E-state index in [1.54, 1.807) is 81.4 Å². The summed E-state index contributed by atoms with van der Waals surface area (Å²) < 4.78 is 35.7. The smallest absolute Gasteiger partial charge is 0.415 e. The molecule has 11 nitrogen and oxygen atoms in total. The molecule has 3 aromatic carbocycles. The van der Waals surface area contributed by atoms with Gasteiger partial charge in [-0.05, 0) is 85.2 Å². The molecule has 0 spiro atoms. The van der Waals surface area contributed by atoms with Crippen molar-refractivity contribution in [3.8, 4) is 0 Å². The topological polar surface area (TPSA) is 139 Å². The summed E-state index contributed by atoms with van der Waals surface area (Å²) in [6.45, 7) is 15.7. The van der Waals surface area contributed by atoms with Gasteiger partial charge in [0.2, 0.25) is 5.91 Å². The Bertz CT molecular complexity index is 1780. The van der Waals surface area contributed by atoms with Crippen LogP contribution in [0.15, 0.2) is 102 Å². The predicted molar refractivity (Wildman–Crippen MR) is 199 cm³/mol. The molecule has 3 aromatic rings. The van der Waals surface area contributed by atoms with Crippen molar-refractivity contribution in [2.75, 3.05) is 16.4 Å². The molecule has 12 heteroatoms. The summed E-state index contributed by atoms with van der Waals surface area (Å²) in [7, 11) is -3.86. The molecule has 0 saturated carbocycles. The molecule has 0 aromatic heterocycles. The molecule has 3 rings (SSSR count). The zero-order chi connectivity index (χ0) is 38.1. The molecule has 0 heterocycles. The van der Waals surface area contributed by atoms with Gasteiger partial charge in [-0.3, -0.25) is 19.4 Å². The van der Waals surface area contributed by atoms with Crippen LogP contribution in [0.5, 0.6) is 0 Å². The summed E-state index contributed by atoms with van der Waals surface area (Å²) >= 11 is 0. The van der Waals surface area contributed by atoms with Crippen LogP contribution in [0, 0.1) is 0 Å². The minimum atomic E-state index is -3.86. The highest BCUT2D eigenvalue weighted by Crippen LogP contribution is 2.26. The lowest BCUT2D eigenvalue weighted by molar-refractivity contribution is -0.158. The first kappa shape index (κ1) is 40.5. The molecule has 0 fully saturated rings. The maximum atomic E-state index is 14.5. The number of carbonyl (C=O) groups excluding carboxylic acids is 4. The maximum absolute atomic E-state index is 14.5. The van der Waals surface area contributed by atoms with Gasteiger partial charge in [-0.1, -0.05) is 73.3 Å². The van der Waals surface area contributed by atoms with Crippen LogP contribution in [0.3, 0.4) is 0 Å². The van der Waals surface area contributed by atoms with Crippen molar-refractivity contribution in [1.29, 1.82) is 0 Å². The molecular formula is C39H49N3O8S. The minimum Gasteiger partial charge on any atom is -0.458 e. The van der Waals surface area contributed by atoms with E-state index >= 15 is 0 Å². The minimum absolute atomic E-state index is 0.147. The lowest BCUT2D eigenvalue weighted by atomic mass is 10.0. The fraction of sp³-hybridized carbons (Fsp3) is 0.385. The van der Waals surface area contributed by atoms with E-state index in [0.29, 0.717) is 11.4 Å². The molecule has 0 aliphatic heterocycles. The van der Waals surface area contributed by atoms with E-state index in [9.17, 15) is 27.6 Å². The van der Waals surface area contributed by atoms with E-state index < -0.39 is 68.8 Å². The molecule has 51 heavy (non-hydrogen) atoms. The van der Waals surface area contributed by atoms with Crippen molar-refractivity contribution in [1.82, 2.24) is 5.32 Å². The van der Waals surface area contributed by atoms with Crippen molar-refractivity contribution in [3.63, 3.8) is 0 Å². The number of ether oxygens (including phenoxy) is 2. The van der Waals surface area contributed by atoms with E-state index in [0.717, 1.165) is 10.5 Å². The van der Waals surface area contributed by atoms with Crippen LogP contribution in [0.2, 0.25) is 0 Å². The summed E-state index contributed by atoms with van der Waals surface area (Å²) in [6.07, 6.45) is -0.849. The van der Waals surface area contributed by atoms with Crippen molar-refractivity contribution < 1.29 is 37.1 Å². The van der Waals surface area contributed by atoms with E-state index in [-0.39, 0.29) is 11.3 Å². The number of hydrogen-bond acceptors (Lipinski definition) is 8. The van der Waals surface area contributed by atoms with Gasteiger partial charge in [0.15, 0.2) is 9.84 Å². The van der Waals surface area contributed by atoms with Crippen LogP contribution in [0.4, 0.5) is 16.2 Å². The van der Waals surface area contributed by atoms with Gasteiger partial charge < -0.3 is 14.8 Å². The zero-order valence-electron chi connectivity index (χ0n) is 30.6. The number of sulfone groups is 1. The molecular weight excluding hydrogens is 671 g/mol. The van der Waals surface area contributed by atoms with Gasteiger partial charge in [0, 0.05) is 17.8 Å². The van der Waals surface area contributed by atoms with Gasteiger partial charge in [-0.25, -0.2) is 18.0 Å². The van der Waals surface area contributed by atoms with Crippen molar-refractivity contribution in [2.45, 2.75) is 90.3 Å². The molecule has 2 unspecified atom stereocenters. The summed E-state index contributed by atoms with van der Waals surface area (Å²) in [6, 6.07) is 22.4. The number of amides is 3. The molecule has 0 saturated heterocycles. The number of nitrogens with zero attached hydrogens (tertiary/aromatic N) is 2. The molecule has 0 aliphatic carbocycles. The van der Waals surface area contributed by atoms with E-state index in [2.05, 4.69) is 11.9 Å². The van der Waals surface area contributed by atoms with Gasteiger partial charge in [0.1, 0.15) is 30.3 Å². The molecule has 274 valence electrons. The van der Waals surface area contributed by atoms with Gasteiger partial charge >= 0.3 is 12.1 Å². The molecule has 1 N–H and O–H groups in total. The number of benzene rings is 3. The summed E-state index contributed by atoms with van der Waals surface area (Å²) in [5.41, 5.74) is 0.634. The second-order valence-electron chi connectivity index (χ2n) is 14.1. The number of para-hydroxylation sites is 2. The average molecular weight is 720 g/mol. The Kier molecular flexibility index (Phi) is 13.3. The maximum Gasteiger partial charge on any atom is 0.415 e. The standard InChI is InChI=1S/C39H49N3O8S/c1-27(51(47,48)39(7,8)9)26-49-37(46)42(32-23-17-12-18-24-32)29(3)35(44)41(31-21-15-11-16-22-31)28(2)34(43)40-33(36(45)50-38(4,5)6)25-30-19-13-10-14-20-30/h10-24,28-29,33H,1,25-26H2,2-9H3,(H,40,43)/t28?,29?,33-/m0/s1. The monoisotopic (exact) mass is 719 g/mol. The Morgan fingerprint density at radius 2 is 1.22 bits per heavy atom. The number of rotatable bonds is 13. The Labute approximate surface area is 301 Å². The van der Waals surface area contributed by atoms with E-state index in [4.69, 9.17) is 9.47 Å². The largest absolute Gasteiger partial charge is 0.458 e. The third kappa shape index (κ3) is 10.8. The quantitative estimate of drug-likeness (QED) is 0.205. The highest BCUT2D eigenvalue weighted by molar-refractivity contribution is 7.96. The summed E-state index contributed by atoms with van der Waals surface area (Å²) in [5.74, 6) is -1.92. The van der Waals surface area contributed by atoms with Crippen LogP contribution < -0.4 is 15.1 Å². The van der Waals surface area contributed by atoms with Crippen LogP contribution in [-0.2, 0) is 40.1 Å². The second-order valence-corrected chi connectivity index (χ2v) is 16.9. The van der Waals surface area contributed by atoms with E-state index in [1.807, 2.05) is 30.3 Å². The lowest BCUT2D eigenvalue weighted by Gasteiger charge is -2.35. The third-order valence-corrected chi connectivity index (χ3v) is 10.3. The number of hydrogen-bond donors (Lipinski definition) is 1. The lowest BCUT2D eigenvalue weighted by Crippen LogP contribution is -2.58. The Morgan fingerprint density at radius 3 is 1.69 bits per heavy atom. The SMILES string of the molecule is C=C(COC(=O)N(c1ccccc1)C(C)C(=O)N(c1ccccc1)C(C)C(=O)N[C@@H](Cc1ccccc1)C(=O)OC(C)(C)C)S(=O)(=O)C(C)(C)C. The number of esters is 1. The Morgan fingerprint density at radius 1 is 0.745 bits per heavy atom. The highest BCUT2D eigenvalue weighted by Gasteiger charge is 2.39. The molecule has 0 bridgehead atoms. The van der Waals surface area contributed by atoms with Crippen molar-refractivity contribution in [3.05, 3.63) is 108 Å². The first-order chi connectivity index (χ1) is 23.7. The Balaban J connectivity index is 1.97. The second kappa shape index (κ2) is 16.8. The van der Waals surface area contributed by atoms with Crippen LogP contribution >= 0.6 is 0 Å². The number of nitrogens with one attached hydrogen (secondary N) is 1. The summed E-state index contributed by atoms with van der Waals surface area (Å²) in [5, 5.41) is 2.80. The van der Waals surface area contributed by atoms with Crippen LogP contribution in [0.25, 0.3) is 0 Å². The van der Waals surface area contributed by atoms with Gasteiger partial charge in [-0.2, -0.15) is 0 Å².